The van der Waals surface area contributed by atoms with Crippen LogP contribution in [0.3, 0.4) is 0 Å². The Morgan fingerprint density at radius 1 is 0.276 bits per heavy atom. The van der Waals surface area contributed by atoms with Gasteiger partial charge >= 0.3 is 17.9 Å². The van der Waals surface area contributed by atoms with Crippen LogP contribution in [-0.4, -0.2) is 37.2 Å². The maximum atomic E-state index is 12.8. The van der Waals surface area contributed by atoms with Crippen LogP contribution in [0.2, 0.25) is 0 Å². The lowest BCUT2D eigenvalue weighted by Gasteiger charge is -2.18. The monoisotopic (exact) mass is 1060 g/mol. The topological polar surface area (TPSA) is 78.9 Å². The number of carbonyl (C=O) groups excluding carboxylic acids is 3. The van der Waals surface area contributed by atoms with Crippen LogP contribution in [0.4, 0.5) is 0 Å². The second kappa shape index (κ2) is 64.6. The van der Waals surface area contributed by atoms with Crippen molar-refractivity contribution in [3.05, 3.63) is 60.8 Å². The summed E-state index contributed by atoms with van der Waals surface area (Å²) in [5.74, 6) is -0.908. The van der Waals surface area contributed by atoms with Gasteiger partial charge in [-0.25, -0.2) is 0 Å². The normalized spacial score (nSPS) is 12.4. The third kappa shape index (κ3) is 62.0. The standard InChI is InChI=1S/C70H126O6/c1-4-7-10-13-16-18-20-22-24-26-28-29-30-31-32-33-34-35-36-37-38-39-40-42-43-45-47-49-51-54-57-60-63-69(72)75-66-67(65-74-68(71)62-59-56-53-15-12-9-6-3)76-70(73)64-61-58-55-52-50-48-46-44-41-27-25-23-21-19-17-14-11-8-5-2/h8,11,17,19,23,25,41,44,48,50,67H,4-7,9-10,12-16,18,20-22,24,26-40,42-43,45-47,49,51-66H2,1-3H3/b11-8-,19-17-,25-23-,44-41-,50-48-. The fourth-order valence-electron chi connectivity index (χ4n) is 9.83. The molecule has 442 valence electrons. The Balaban J connectivity index is 4.02. The lowest BCUT2D eigenvalue weighted by Crippen LogP contribution is -2.30. The van der Waals surface area contributed by atoms with E-state index in [0.29, 0.717) is 19.3 Å². The predicted octanol–water partition coefficient (Wildman–Crippen LogP) is 22.7. The number of esters is 3. The number of unbranched alkanes of at least 4 members (excludes halogenated alkanes) is 40. The molecule has 0 bridgehead atoms. The molecular formula is C70H126O6. The third-order valence-corrected chi connectivity index (χ3v) is 14.8. The number of hydrogen-bond donors (Lipinski definition) is 0. The lowest BCUT2D eigenvalue weighted by molar-refractivity contribution is -0.167. The summed E-state index contributed by atoms with van der Waals surface area (Å²) in [6, 6.07) is 0. The quantitative estimate of drug-likeness (QED) is 0.0261. The maximum absolute atomic E-state index is 12.8. The SMILES string of the molecule is CC/C=C\C/C=C\C/C=C\C/C=C\C/C=C\CCCCCC(=O)OC(COC(=O)CCCCCCCCC)COC(=O)CCCCCCCCCCCCCCCCCCCCCCCCCCCCCCCCCC. The van der Waals surface area contributed by atoms with E-state index in [1.165, 1.54) is 212 Å². The molecule has 6 nitrogen and oxygen atoms in total. The third-order valence-electron chi connectivity index (χ3n) is 14.8. The van der Waals surface area contributed by atoms with E-state index in [0.717, 1.165) is 96.3 Å². The van der Waals surface area contributed by atoms with E-state index in [9.17, 15) is 14.4 Å². The Morgan fingerprint density at radius 3 is 0.803 bits per heavy atom. The number of ether oxygens (including phenoxy) is 3. The first-order valence-corrected chi connectivity index (χ1v) is 33.3. The Hall–Kier alpha value is -2.89. The molecule has 0 rings (SSSR count). The van der Waals surface area contributed by atoms with Gasteiger partial charge in [0.2, 0.25) is 0 Å². The molecule has 0 saturated heterocycles. The van der Waals surface area contributed by atoms with Crippen molar-refractivity contribution in [3.8, 4) is 0 Å². The van der Waals surface area contributed by atoms with Gasteiger partial charge in [0.15, 0.2) is 6.10 Å². The molecule has 1 atom stereocenters. The van der Waals surface area contributed by atoms with Gasteiger partial charge in [0.25, 0.3) is 0 Å². The van der Waals surface area contributed by atoms with Crippen molar-refractivity contribution < 1.29 is 28.6 Å². The van der Waals surface area contributed by atoms with Gasteiger partial charge in [-0.05, 0) is 64.2 Å². The van der Waals surface area contributed by atoms with Crippen molar-refractivity contribution in [2.45, 2.75) is 354 Å². The predicted molar refractivity (Wildman–Crippen MR) is 330 cm³/mol. The van der Waals surface area contributed by atoms with Gasteiger partial charge in [-0.2, -0.15) is 0 Å². The van der Waals surface area contributed by atoms with Crippen molar-refractivity contribution in [1.82, 2.24) is 0 Å². The number of rotatable bonds is 61. The van der Waals surface area contributed by atoms with Crippen LogP contribution >= 0.6 is 0 Å². The zero-order valence-electron chi connectivity index (χ0n) is 50.8. The minimum atomic E-state index is -0.788. The summed E-state index contributed by atoms with van der Waals surface area (Å²) in [5, 5.41) is 0. The summed E-state index contributed by atoms with van der Waals surface area (Å²) >= 11 is 0. The zero-order chi connectivity index (χ0) is 55.0. The van der Waals surface area contributed by atoms with Crippen LogP contribution < -0.4 is 0 Å². The highest BCUT2D eigenvalue weighted by Crippen LogP contribution is 2.18. The molecule has 0 spiro atoms. The lowest BCUT2D eigenvalue weighted by atomic mass is 10.0. The average Bonchev–Trinajstić information content (AvgIpc) is 3.42. The molecule has 0 radical (unpaired) electrons. The van der Waals surface area contributed by atoms with Crippen LogP contribution in [0.15, 0.2) is 60.8 Å². The smallest absolute Gasteiger partial charge is 0.306 e. The second-order valence-corrected chi connectivity index (χ2v) is 22.4. The first kappa shape index (κ1) is 73.1. The van der Waals surface area contributed by atoms with Gasteiger partial charge < -0.3 is 14.2 Å². The van der Waals surface area contributed by atoms with Crippen molar-refractivity contribution in [2.75, 3.05) is 13.2 Å². The highest BCUT2D eigenvalue weighted by Gasteiger charge is 2.19. The van der Waals surface area contributed by atoms with Crippen molar-refractivity contribution >= 4 is 17.9 Å². The summed E-state index contributed by atoms with van der Waals surface area (Å²) in [7, 11) is 0. The molecule has 6 heteroatoms. The Morgan fingerprint density at radius 2 is 0.513 bits per heavy atom. The molecule has 0 aromatic carbocycles. The molecule has 0 amide bonds. The van der Waals surface area contributed by atoms with Crippen LogP contribution in [0.5, 0.6) is 0 Å². The van der Waals surface area contributed by atoms with Crippen LogP contribution in [0.1, 0.15) is 348 Å². The zero-order valence-corrected chi connectivity index (χ0v) is 50.8. The van der Waals surface area contributed by atoms with Gasteiger partial charge in [0.05, 0.1) is 0 Å². The molecule has 0 aliphatic heterocycles. The van der Waals surface area contributed by atoms with Crippen molar-refractivity contribution in [1.29, 1.82) is 0 Å². The summed E-state index contributed by atoms with van der Waals surface area (Å²) in [6.07, 6.45) is 82.9. The first-order chi connectivity index (χ1) is 37.5. The fourth-order valence-corrected chi connectivity index (χ4v) is 9.83. The molecule has 0 aliphatic rings. The number of allylic oxidation sites excluding steroid dienone is 10. The van der Waals surface area contributed by atoms with Gasteiger partial charge in [-0.3, -0.25) is 14.4 Å². The van der Waals surface area contributed by atoms with E-state index in [1.54, 1.807) is 0 Å². The Labute approximate surface area is 472 Å². The first-order valence-electron chi connectivity index (χ1n) is 33.3. The van der Waals surface area contributed by atoms with E-state index >= 15 is 0 Å². The molecule has 0 fully saturated rings. The van der Waals surface area contributed by atoms with E-state index in [1.807, 2.05) is 0 Å². The highest BCUT2D eigenvalue weighted by molar-refractivity contribution is 5.71. The maximum Gasteiger partial charge on any atom is 0.306 e. The van der Waals surface area contributed by atoms with Gasteiger partial charge in [-0.1, -0.05) is 326 Å². The van der Waals surface area contributed by atoms with E-state index in [2.05, 4.69) is 81.5 Å². The highest BCUT2D eigenvalue weighted by atomic mass is 16.6. The molecule has 0 aliphatic carbocycles. The molecule has 1 unspecified atom stereocenters. The molecule has 0 saturated carbocycles. The van der Waals surface area contributed by atoms with E-state index in [-0.39, 0.29) is 31.1 Å². The Bertz CT molecular complexity index is 1360. The molecule has 0 aromatic rings. The molecule has 0 heterocycles. The minimum Gasteiger partial charge on any atom is -0.462 e. The van der Waals surface area contributed by atoms with E-state index in [4.69, 9.17) is 14.2 Å². The summed E-state index contributed by atoms with van der Waals surface area (Å²) in [5.41, 5.74) is 0. The summed E-state index contributed by atoms with van der Waals surface area (Å²) < 4.78 is 16.8. The number of hydrogen-bond acceptors (Lipinski definition) is 6. The van der Waals surface area contributed by atoms with E-state index < -0.39 is 6.10 Å². The van der Waals surface area contributed by atoms with Crippen LogP contribution in [-0.2, 0) is 28.6 Å². The summed E-state index contributed by atoms with van der Waals surface area (Å²) in [6.45, 7) is 6.50. The van der Waals surface area contributed by atoms with Crippen LogP contribution in [0, 0.1) is 0 Å². The van der Waals surface area contributed by atoms with Gasteiger partial charge in [0, 0.05) is 19.3 Å². The summed E-state index contributed by atoms with van der Waals surface area (Å²) in [4.78, 5) is 38.0. The second-order valence-electron chi connectivity index (χ2n) is 22.4. The van der Waals surface area contributed by atoms with Crippen LogP contribution in [0.25, 0.3) is 0 Å². The molecule has 0 N–H and O–H groups in total. The molecule has 76 heavy (non-hydrogen) atoms. The number of carbonyl (C=O) groups is 3. The van der Waals surface area contributed by atoms with Crippen molar-refractivity contribution in [3.63, 3.8) is 0 Å². The van der Waals surface area contributed by atoms with Gasteiger partial charge in [-0.15, -0.1) is 0 Å². The molecular weight excluding hydrogens is 937 g/mol. The Kier molecular flexibility index (Phi) is 62.2. The van der Waals surface area contributed by atoms with Gasteiger partial charge in [0.1, 0.15) is 13.2 Å². The minimum absolute atomic E-state index is 0.0843. The average molecular weight is 1060 g/mol. The van der Waals surface area contributed by atoms with Crippen molar-refractivity contribution in [2.24, 2.45) is 0 Å². The largest absolute Gasteiger partial charge is 0.462 e. The molecule has 0 aromatic heterocycles. The fraction of sp³-hybridized carbons (Fsp3) is 0.814.